The maximum atomic E-state index is 12.9. The highest BCUT2D eigenvalue weighted by Gasteiger charge is 2.37. The van der Waals surface area contributed by atoms with Gasteiger partial charge in [-0.3, -0.25) is 14.5 Å². The molecule has 1 aromatic carbocycles. The number of carbonyl (C=O) groups excluding carboxylic acids is 2. The van der Waals surface area contributed by atoms with Gasteiger partial charge in [0.15, 0.2) is 0 Å². The molecule has 1 aromatic rings. The molecule has 1 fully saturated rings. The van der Waals surface area contributed by atoms with Gasteiger partial charge in [0, 0.05) is 43.4 Å². The monoisotopic (exact) mass is 325 g/mol. The zero-order valence-corrected chi connectivity index (χ0v) is 14.3. The number of nitrogens with one attached hydrogen (secondary N) is 1. The predicted molar refractivity (Wildman–Crippen MR) is 91.0 cm³/mol. The number of nitrogens with zero attached hydrogens (tertiary/aromatic N) is 2. The molecule has 126 valence electrons. The van der Waals surface area contributed by atoms with E-state index in [0.717, 1.165) is 24.2 Å². The van der Waals surface area contributed by atoms with E-state index >= 15 is 0 Å². The van der Waals surface area contributed by atoms with Crippen molar-refractivity contribution >= 4 is 11.8 Å². The van der Waals surface area contributed by atoms with Crippen LogP contribution >= 0.6 is 0 Å². The number of amides is 2. The summed E-state index contributed by atoms with van der Waals surface area (Å²) >= 11 is 0. The van der Waals surface area contributed by atoms with Crippen LogP contribution in [0.1, 0.15) is 53.7 Å². The van der Waals surface area contributed by atoms with Crippen molar-refractivity contribution in [2.45, 2.75) is 58.4 Å². The highest BCUT2D eigenvalue weighted by atomic mass is 16.2. The summed E-state index contributed by atoms with van der Waals surface area (Å²) in [5, 5.41) is 2.78. The molecule has 3 aliphatic rings. The minimum absolute atomic E-state index is 0.00633. The molecule has 0 saturated carbocycles. The topological polar surface area (TPSA) is 52.7 Å². The summed E-state index contributed by atoms with van der Waals surface area (Å²) in [7, 11) is 0. The summed E-state index contributed by atoms with van der Waals surface area (Å²) < 4.78 is 0. The Morgan fingerprint density at radius 3 is 2.50 bits per heavy atom. The second-order valence-corrected chi connectivity index (χ2v) is 7.34. The molecule has 0 spiro atoms. The highest BCUT2D eigenvalue weighted by Crippen LogP contribution is 2.34. The number of fused-ring (bicyclic) bond motifs is 2. The smallest absolute Gasteiger partial charge is 0.255 e. The fourth-order valence-corrected chi connectivity index (χ4v) is 4.00. The lowest BCUT2D eigenvalue weighted by Crippen LogP contribution is -2.45. The van der Waals surface area contributed by atoms with E-state index in [2.05, 4.69) is 42.8 Å². The number of hydrogen-bond donors (Lipinski definition) is 1. The first-order valence-corrected chi connectivity index (χ1v) is 8.62. The van der Waals surface area contributed by atoms with Crippen molar-refractivity contribution in [2.75, 3.05) is 0 Å². The highest BCUT2D eigenvalue weighted by molar-refractivity contribution is 5.99. The van der Waals surface area contributed by atoms with Crippen LogP contribution < -0.4 is 5.32 Å². The quantitative estimate of drug-likeness (QED) is 0.906. The molecule has 0 aliphatic carbocycles. The van der Waals surface area contributed by atoms with Gasteiger partial charge < -0.3 is 10.2 Å². The van der Waals surface area contributed by atoms with Crippen LogP contribution in [0.2, 0.25) is 0 Å². The fourth-order valence-electron chi connectivity index (χ4n) is 4.00. The third-order valence-electron chi connectivity index (χ3n) is 5.46. The average molecular weight is 325 g/mol. The summed E-state index contributed by atoms with van der Waals surface area (Å²) in [5.41, 5.74) is 5.19. The van der Waals surface area contributed by atoms with Crippen LogP contribution in [0.5, 0.6) is 0 Å². The standard InChI is InChI=1S/C19H23N3O2/c1-11(2)21-8-13-6-15-10-22(17-4-5-18(23)20-12(17)3)19(24)16(15)7-14(13)9-21/h6-7,11,17H,3-5,8-10H2,1-2H3,(H,20,23). The molecule has 1 saturated heterocycles. The van der Waals surface area contributed by atoms with Gasteiger partial charge in [0.1, 0.15) is 0 Å². The number of piperidine rings is 1. The lowest BCUT2D eigenvalue weighted by Gasteiger charge is -2.32. The molecule has 2 amide bonds. The number of carbonyl (C=O) groups is 2. The molecule has 0 bridgehead atoms. The van der Waals surface area contributed by atoms with Gasteiger partial charge in [-0.2, -0.15) is 0 Å². The molecule has 24 heavy (non-hydrogen) atoms. The van der Waals surface area contributed by atoms with Gasteiger partial charge in [-0.15, -0.1) is 0 Å². The van der Waals surface area contributed by atoms with Crippen LogP contribution in [0.15, 0.2) is 24.4 Å². The van der Waals surface area contributed by atoms with Gasteiger partial charge in [-0.05, 0) is 43.0 Å². The van der Waals surface area contributed by atoms with Crippen molar-refractivity contribution in [1.29, 1.82) is 0 Å². The zero-order chi connectivity index (χ0) is 17.0. The second-order valence-electron chi connectivity index (χ2n) is 7.34. The molecular formula is C19H23N3O2. The Balaban J connectivity index is 1.59. The number of rotatable bonds is 2. The minimum atomic E-state index is -0.0930. The SMILES string of the molecule is C=C1NC(=O)CCC1N1Cc2cc3c(cc2C1=O)CN(C(C)C)C3. The first kappa shape index (κ1) is 15.4. The van der Waals surface area contributed by atoms with Crippen molar-refractivity contribution in [1.82, 2.24) is 15.1 Å². The van der Waals surface area contributed by atoms with Crippen LogP contribution in [0.3, 0.4) is 0 Å². The van der Waals surface area contributed by atoms with Gasteiger partial charge in [-0.25, -0.2) is 0 Å². The molecule has 1 atom stereocenters. The van der Waals surface area contributed by atoms with Crippen molar-refractivity contribution in [2.24, 2.45) is 0 Å². The Bertz CT molecular complexity index is 753. The van der Waals surface area contributed by atoms with Gasteiger partial charge in [0.05, 0.1) is 6.04 Å². The summed E-state index contributed by atoms with van der Waals surface area (Å²) in [6, 6.07) is 4.70. The van der Waals surface area contributed by atoms with Crippen molar-refractivity contribution in [3.8, 4) is 0 Å². The van der Waals surface area contributed by atoms with E-state index in [-0.39, 0.29) is 17.9 Å². The van der Waals surface area contributed by atoms with E-state index < -0.39 is 0 Å². The summed E-state index contributed by atoms with van der Waals surface area (Å²) in [5.74, 6) is 0.0614. The molecule has 5 nitrogen and oxygen atoms in total. The average Bonchev–Trinajstić information content (AvgIpc) is 3.07. The van der Waals surface area contributed by atoms with Crippen LogP contribution in [-0.2, 0) is 24.4 Å². The zero-order valence-electron chi connectivity index (χ0n) is 14.3. The second kappa shape index (κ2) is 5.45. The third-order valence-corrected chi connectivity index (χ3v) is 5.46. The van der Waals surface area contributed by atoms with Crippen molar-refractivity contribution in [3.63, 3.8) is 0 Å². The van der Waals surface area contributed by atoms with Gasteiger partial charge >= 0.3 is 0 Å². The van der Waals surface area contributed by atoms with E-state index in [1.807, 2.05) is 4.90 Å². The Morgan fingerprint density at radius 1 is 1.12 bits per heavy atom. The lowest BCUT2D eigenvalue weighted by atomic mass is 10.0. The Hall–Kier alpha value is -2.14. The van der Waals surface area contributed by atoms with E-state index in [0.29, 0.717) is 31.1 Å². The molecule has 1 unspecified atom stereocenters. The molecule has 4 rings (SSSR count). The van der Waals surface area contributed by atoms with E-state index in [4.69, 9.17) is 0 Å². The molecule has 1 N–H and O–H groups in total. The largest absolute Gasteiger partial charge is 0.328 e. The van der Waals surface area contributed by atoms with Crippen LogP contribution in [0.25, 0.3) is 0 Å². The maximum Gasteiger partial charge on any atom is 0.255 e. The van der Waals surface area contributed by atoms with Gasteiger partial charge in [0.25, 0.3) is 5.91 Å². The minimum Gasteiger partial charge on any atom is -0.328 e. The van der Waals surface area contributed by atoms with Gasteiger partial charge in [-0.1, -0.05) is 12.6 Å². The Morgan fingerprint density at radius 2 is 1.83 bits per heavy atom. The number of hydrogen-bond acceptors (Lipinski definition) is 3. The molecule has 3 aliphatic heterocycles. The van der Waals surface area contributed by atoms with Crippen LogP contribution in [0.4, 0.5) is 0 Å². The summed E-state index contributed by atoms with van der Waals surface area (Å²) in [6.45, 7) is 10.8. The maximum absolute atomic E-state index is 12.9. The van der Waals surface area contributed by atoms with Gasteiger partial charge in [0.2, 0.25) is 5.91 Å². The Labute approximate surface area is 142 Å². The first-order valence-electron chi connectivity index (χ1n) is 8.62. The fraction of sp³-hybridized carbons (Fsp3) is 0.474. The normalized spacial score (nSPS) is 23.7. The molecule has 5 heteroatoms. The molecule has 0 aromatic heterocycles. The van der Waals surface area contributed by atoms with Crippen LogP contribution in [0, 0.1) is 0 Å². The lowest BCUT2D eigenvalue weighted by molar-refractivity contribution is -0.121. The summed E-state index contributed by atoms with van der Waals surface area (Å²) in [6.07, 6.45) is 1.11. The molecular weight excluding hydrogens is 302 g/mol. The van der Waals surface area contributed by atoms with E-state index in [9.17, 15) is 9.59 Å². The van der Waals surface area contributed by atoms with E-state index in [1.54, 1.807) is 0 Å². The number of benzene rings is 1. The van der Waals surface area contributed by atoms with E-state index in [1.165, 1.54) is 11.1 Å². The third kappa shape index (κ3) is 2.35. The summed E-state index contributed by atoms with van der Waals surface area (Å²) in [4.78, 5) is 28.7. The predicted octanol–water partition coefficient (Wildman–Crippen LogP) is 2.16. The molecule has 0 radical (unpaired) electrons. The van der Waals surface area contributed by atoms with Crippen molar-refractivity contribution in [3.05, 3.63) is 46.7 Å². The Kier molecular flexibility index (Phi) is 3.49. The first-order chi connectivity index (χ1) is 11.4. The van der Waals surface area contributed by atoms with Crippen molar-refractivity contribution < 1.29 is 9.59 Å². The van der Waals surface area contributed by atoms with Crippen LogP contribution in [-0.4, -0.2) is 33.7 Å². The molecule has 3 heterocycles.